The highest BCUT2D eigenvalue weighted by molar-refractivity contribution is 7.92. The standard InChI is InChI=1S/C19H20N2O6S/c1-26-17-12-14(8-6-7-11-19(22)20-23)16(13-18(17)27-2)21-28(24,25)15-9-4-3-5-10-15/h3-13,21,23H,1-2H3,(H,20,22). The van der Waals surface area contributed by atoms with E-state index in [1.54, 1.807) is 30.3 Å². The molecule has 28 heavy (non-hydrogen) atoms. The van der Waals surface area contributed by atoms with Gasteiger partial charge >= 0.3 is 0 Å². The van der Waals surface area contributed by atoms with Crippen molar-refractivity contribution in [3.05, 3.63) is 66.3 Å². The number of ether oxygens (including phenoxy) is 2. The van der Waals surface area contributed by atoms with Gasteiger partial charge in [0.15, 0.2) is 11.5 Å². The lowest BCUT2D eigenvalue weighted by Gasteiger charge is -2.15. The van der Waals surface area contributed by atoms with E-state index in [1.807, 2.05) is 0 Å². The molecule has 9 heteroatoms. The quantitative estimate of drug-likeness (QED) is 0.270. The van der Waals surface area contributed by atoms with E-state index in [9.17, 15) is 13.2 Å². The molecule has 0 aliphatic heterocycles. The minimum atomic E-state index is -3.82. The van der Waals surface area contributed by atoms with Gasteiger partial charge in [0.05, 0.1) is 24.8 Å². The number of methoxy groups -OCH3 is 2. The van der Waals surface area contributed by atoms with Crippen LogP contribution in [0.3, 0.4) is 0 Å². The second-order valence-electron chi connectivity index (χ2n) is 5.41. The van der Waals surface area contributed by atoms with Gasteiger partial charge in [-0.2, -0.15) is 0 Å². The Morgan fingerprint density at radius 2 is 1.68 bits per heavy atom. The average Bonchev–Trinajstić information content (AvgIpc) is 2.71. The Kier molecular flexibility index (Phi) is 7.19. The van der Waals surface area contributed by atoms with Crippen molar-refractivity contribution in [3.8, 4) is 11.5 Å². The summed E-state index contributed by atoms with van der Waals surface area (Å²) in [7, 11) is -0.917. The summed E-state index contributed by atoms with van der Waals surface area (Å²) in [4.78, 5) is 11.1. The normalized spacial score (nSPS) is 11.5. The van der Waals surface area contributed by atoms with Crippen LogP contribution >= 0.6 is 0 Å². The van der Waals surface area contributed by atoms with Gasteiger partial charge in [-0.15, -0.1) is 0 Å². The Bertz CT molecular complexity index is 985. The van der Waals surface area contributed by atoms with E-state index in [1.165, 1.54) is 50.1 Å². The number of hydroxylamine groups is 1. The molecule has 8 nitrogen and oxygen atoms in total. The maximum absolute atomic E-state index is 12.7. The lowest BCUT2D eigenvalue weighted by molar-refractivity contribution is -0.124. The van der Waals surface area contributed by atoms with Crippen LogP contribution in [-0.2, 0) is 14.8 Å². The maximum Gasteiger partial charge on any atom is 0.267 e. The van der Waals surface area contributed by atoms with Crippen molar-refractivity contribution in [2.24, 2.45) is 0 Å². The summed E-state index contributed by atoms with van der Waals surface area (Å²) >= 11 is 0. The highest BCUT2D eigenvalue weighted by Gasteiger charge is 2.17. The zero-order valence-electron chi connectivity index (χ0n) is 15.2. The number of nitrogens with one attached hydrogen (secondary N) is 2. The molecule has 0 aliphatic carbocycles. The fourth-order valence-electron chi connectivity index (χ4n) is 2.26. The van der Waals surface area contributed by atoms with E-state index >= 15 is 0 Å². The summed E-state index contributed by atoms with van der Waals surface area (Å²) in [5.41, 5.74) is 2.21. The van der Waals surface area contributed by atoms with Crippen molar-refractivity contribution in [2.45, 2.75) is 4.90 Å². The Labute approximate surface area is 163 Å². The largest absolute Gasteiger partial charge is 0.493 e. The summed E-state index contributed by atoms with van der Waals surface area (Å²) in [5.74, 6) is 0.0597. The topological polar surface area (TPSA) is 114 Å². The lowest BCUT2D eigenvalue weighted by atomic mass is 10.1. The molecule has 0 fully saturated rings. The Balaban J connectivity index is 2.44. The molecule has 3 N–H and O–H groups in total. The molecule has 0 radical (unpaired) electrons. The molecule has 2 rings (SSSR count). The van der Waals surface area contributed by atoms with Gasteiger partial charge in [0.25, 0.3) is 15.9 Å². The maximum atomic E-state index is 12.7. The Morgan fingerprint density at radius 1 is 1.04 bits per heavy atom. The SMILES string of the molecule is COc1cc(C=CC=CC(=O)NO)c(NS(=O)(=O)c2ccccc2)cc1OC. The number of amides is 1. The molecule has 0 atom stereocenters. The van der Waals surface area contributed by atoms with Crippen LogP contribution in [0.2, 0.25) is 0 Å². The summed E-state index contributed by atoms with van der Waals surface area (Å²) in [6, 6.07) is 11.0. The van der Waals surface area contributed by atoms with Gasteiger partial charge < -0.3 is 9.47 Å². The molecule has 0 spiro atoms. The Hall–Kier alpha value is -3.30. The van der Waals surface area contributed by atoms with E-state index in [4.69, 9.17) is 14.7 Å². The molecular formula is C19H20N2O6S. The number of hydrogen-bond donors (Lipinski definition) is 3. The van der Waals surface area contributed by atoms with Crippen molar-refractivity contribution in [2.75, 3.05) is 18.9 Å². The fourth-order valence-corrected chi connectivity index (χ4v) is 3.36. The second-order valence-corrected chi connectivity index (χ2v) is 7.09. The van der Waals surface area contributed by atoms with Crippen LogP contribution in [0, 0.1) is 0 Å². The van der Waals surface area contributed by atoms with Crippen molar-refractivity contribution < 1.29 is 27.9 Å². The van der Waals surface area contributed by atoms with Gasteiger partial charge in [-0.1, -0.05) is 36.4 Å². The number of anilines is 1. The van der Waals surface area contributed by atoms with E-state index in [0.717, 1.165) is 6.08 Å². The van der Waals surface area contributed by atoms with Crippen molar-refractivity contribution >= 4 is 27.7 Å². The van der Waals surface area contributed by atoms with E-state index in [0.29, 0.717) is 17.1 Å². The van der Waals surface area contributed by atoms with Gasteiger partial charge in [-0.05, 0) is 18.2 Å². The molecular weight excluding hydrogens is 384 g/mol. The summed E-state index contributed by atoms with van der Waals surface area (Å²) in [6.07, 6.45) is 5.57. The number of sulfonamides is 1. The van der Waals surface area contributed by atoms with Crippen LogP contribution in [0.25, 0.3) is 6.08 Å². The third-order valence-corrected chi connectivity index (χ3v) is 4.98. The van der Waals surface area contributed by atoms with Crippen LogP contribution in [0.15, 0.2) is 65.6 Å². The van der Waals surface area contributed by atoms with Crippen molar-refractivity contribution in [1.82, 2.24) is 5.48 Å². The number of allylic oxidation sites excluding steroid dienone is 2. The number of benzene rings is 2. The van der Waals surface area contributed by atoms with E-state index in [-0.39, 0.29) is 10.6 Å². The number of carbonyl (C=O) groups is 1. The van der Waals surface area contributed by atoms with Crippen LogP contribution < -0.4 is 19.7 Å². The van der Waals surface area contributed by atoms with Gasteiger partial charge in [-0.3, -0.25) is 14.7 Å². The molecule has 0 unspecified atom stereocenters. The number of rotatable bonds is 8. The molecule has 148 valence electrons. The van der Waals surface area contributed by atoms with E-state index in [2.05, 4.69) is 4.72 Å². The first kappa shape index (κ1) is 21.0. The molecule has 0 bridgehead atoms. The predicted molar refractivity (Wildman–Crippen MR) is 105 cm³/mol. The molecule has 0 aliphatic rings. The van der Waals surface area contributed by atoms with Gasteiger partial charge in [-0.25, -0.2) is 13.9 Å². The van der Waals surface area contributed by atoms with E-state index < -0.39 is 15.9 Å². The van der Waals surface area contributed by atoms with Gasteiger partial charge in [0, 0.05) is 17.7 Å². The highest BCUT2D eigenvalue weighted by atomic mass is 32.2. The minimum absolute atomic E-state index is 0.110. The smallest absolute Gasteiger partial charge is 0.267 e. The average molecular weight is 404 g/mol. The van der Waals surface area contributed by atoms with Crippen LogP contribution in [-0.4, -0.2) is 33.8 Å². The van der Waals surface area contributed by atoms with Crippen LogP contribution in [0.5, 0.6) is 11.5 Å². The van der Waals surface area contributed by atoms with Crippen LogP contribution in [0.1, 0.15) is 5.56 Å². The third-order valence-electron chi connectivity index (χ3n) is 3.60. The van der Waals surface area contributed by atoms with Gasteiger partial charge in [0.1, 0.15) is 0 Å². The highest BCUT2D eigenvalue weighted by Crippen LogP contribution is 2.35. The fraction of sp³-hybridized carbons (Fsp3) is 0.105. The zero-order valence-corrected chi connectivity index (χ0v) is 16.1. The van der Waals surface area contributed by atoms with Crippen LogP contribution in [0.4, 0.5) is 5.69 Å². The molecule has 0 aromatic heterocycles. The lowest BCUT2D eigenvalue weighted by Crippen LogP contribution is -2.14. The molecule has 0 saturated heterocycles. The molecule has 0 saturated carbocycles. The Morgan fingerprint density at radius 3 is 2.29 bits per heavy atom. The van der Waals surface area contributed by atoms with Gasteiger partial charge in [0.2, 0.25) is 0 Å². The zero-order chi connectivity index (χ0) is 20.6. The number of hydrogen-bond acceptors (Lipinski definition) is 6. The third kappa shape index (κ3) is 5.35. The molecule has 1 amide bonds. The molecule has 2 aromatic carbocycles. The molecule has 2 aromatic rings. The summed E-state index contributed by atoms with van der Waals surface area (Å²) < 4.78 is 38.4. The van der Waals surface area contributed by atoms with Crippen molar-refractivity contribution in [1.29, 1.82) is 0 Å². The summed E-state index contributed by atoms with van der Waals surface area (Å²) in [5, 5.41) is 8.48. The molecule has 0 heterocycles. The second kappa shape index (κ2) is 9.58. The monoisotopic (exact) mass is 404 g/mol. The van der Waals surface area contributed by atoms with Crippen molar-refractivity contribution in [3.63, 3.8) is 0 Å². The predicted octanol–water partition coefficient (Wildman–Crippen LogP) is 2.58. The minimum Gasteiger partial charge on any atom is -0.493 e. The first-order chi connectivity index (χ1) is 13.4. The first-order valence-corrected chi connectivity index (χ1v) is 9.52. The first-order valence-electron chi connectivity index (χ1n) is 8.04. The summed E-state index contributed by atoms with van der Waals surface area (Å²) in [6.45, 7) is 0. The number of carbonyl (C=O) groups excluding carboxylic acids is 1.